The Morgan fingerprint density at radius 2 is 2.50 bits per heavy atom. The average Bonchev–Trinajstić information content (AvgIpc) is 2.30. The highest BCUT2D eigenvalue weighted by Gasteiger charge is 2.15. The fourth-order valence-electron chi connectivity index (χ4n) is 0.781. The van der Waals surface area contributed by atoms with Crippen molar-refractivity contribution in [3.05, 3.63) is 11.8 Å². The first-order chi connectivity index (χ1) is 5.65. The first kappa shape index (κ1) is 9.07. The number of rotatable bonds is 2. The van der Waals surface area contributed by atoms with Crippen LogP contribution in [-0.2, 0) is 4.74 Å². The molecule has 0 saturated carbocycles. The summed E-state index contributed by atoms with van der Waals surface area (Å²) >= 11 is 0. The molecule has 1 aromatic rings. The van der Waals surface area contributed by atoms with Crippen LogP contribution in [0.15, 0.2) is 10.5 Å². The van der Waals surface area contributed by atoms with Gasteiger partial charge in [-0.05, 0) is 6.92 Å². The molecule has 0 aromatic carbocycles. The number of furan rings is 1. The van der Waals surface area contributed by atoms with Crippen molar-refractivity contribution in [2.24, 2.45) is 0 Å². The Labute approximate surface area is 72.3 Å². The molecule has 0 radical (unpaired) electrons. The predicted molar refractivity (Wildman–Crippen MR) is 48.4 cm³/mol. The molecule has 12 heavy (non-hydrogen) atoms. The van der Waals surface area contributed by atoms with Crippen molar-refractivity contribution in [3.63, 3.8) is 0 Å². The maximum Gasteiger partial charge on any atom is 0.376 e. The molecule has 0 aliphatic carbocycles. The summed E-state index contributed by atoms with van der Waals surface area (Å²) in [7, 11) is 2.31. The van der Waals surface area contributed by atoms with Crippen molar-refractivity contribution in [3.8, 4) is 0 Å². The van der Waals surface area contributed by atoms with Gasteiger partial charge in [0.25, 0.3) is 0 Å². The minimum atomic E-state index is -0.524. The third kappa shape index (κ3) is 1.77. The Morgan fingerprint density at radius 3 is 2.92 bits per heavy atom. The van der Waals surface area contributed by atoms with E-state index in [2.05, 4.69) is 9.24 Å². The molecule has 0 aliphatic heterocycles. The van der Waals surface area contributed by atoms with Gasteiger partial charge < -0.3 is 14.9 Å². The molecule has 1 unspecified atom stereocenters. The Hall–Kier alpha value is -1.02. The van der Waals surface area contributed by atoms with E-state index in [0.717, 1.165) is 0 Å². The summed E-state index contributed by atoms with van der Waals surface area (Å²) in [6, 6.07) is 1.55. The molecule has 0 bridgehead atoms. The molecule has 2 N–H and O–H groups in total. The third-order valence-electron chi connectivity index (χ3n) is 1.24. The molecule has 1 atom stereocenters. The first-order valence-corrected chi connectivity index (χ1v) is 4.04. The lowest BCUT2D eigenvalue weighted by molar-refractivity contribution is 0.0493. The van der Waals surface area contributed by atoms with Gasteiger partial charge in [-0.25, -0.2) is 4.79 Å². The zero-order chi connectivity index (χ0) is 9.14. The van der Waals surface area contributed by atoms with Crippen LogP contribution in [0.4, 0.5) is 5.69 Å². The summed E-state index contributed by atoms with van der Waals surface area (Å²) < 4.78 is 9.69. The third-order valence-corrected chi connectivity index (χ3v) is 1.53. The largest absolute Gasteiger partial charge is 0.460 e. The Balaban J connectivity index is 2.87. The van der Waals surface area contributed by atoms with E-state index >= 15 is 0 Å². The number of anilines is 1. The number of nitrogens with two attached hydrogens (primary N) is 1. The first-order valence-electron chi connectivity index (χ1n) is 3.47. The van der Waals surface area contributed by atoms with Crippen molar-refractivity contribution in [2.45, 2.75) is 6.92 Å². The molecule has 1 heterocycles. The summed E-state index contributed by atoms with van der Waals surface area (Å²) in [5.74, 6) is -0.453. The number of hydrogen-bond donors (Lipinski definition) is 1. The monoisotopic (exact) mass is 187 g/mol. The Bertz CT molecular complexity index is 295. The van der Waals surface area contributed by atoms with E-state index in [4.69, 9.17) is 14.9 Å². The lowest BCUT2D eigenvalue weighted by Crippen LogP contribution is -2.05. The molecule has 0 saturated heterocycles. The van der Waals surface area contributed by atoms with Gasteiger partial charge in [0.15, 0.2) is 0 Å². The molecular weight excluding hydrogens is 177 g/mol. The highest BCUT2D eigenvalue weighted by Crippen LogP contribution is 2.13. The van der Waals surface area contributed by atoms with Crippen LogP contribution in [0.2, 0.25) is 0 Å². The topological polar surface area (TPSA) is 65.5 Å². The van der Waals surface area contributed by atoms with Crippen LogP contribution in [0.3, 0.4) is 0 Å². The quantitative estimate of drug-likeness (QED) is 0.542. The second kappa shape index (κ2) is 3.59. The lowest BCUT2D eigenvalue weighted by atomic mass is 10.4. The van der Waals surface area contributed by atoms with Crippen LogP contribution >= 0.6 is 9.24 Å². The zero-order valence-corrected chi connectivity index (χ0v) is 7.82. The standard InChI is InChI=1S/C7H10NO3P/c1-2-10-7(9)6-4(8)3-5(12)11-6/h3H,2,8,12H2,1H3. The van der Waals surface area contributed by atoms with Crippen molar-refractivity contribution >= 4 is 26.4 Å². The second-order valence-corrected chi connectivity index (χ2v) is 2.72. The van der Waals surface area contributed by atoms with E-state index in [1.165, 1.54) is 0 Å². The van der Waals surface area contributed by atoms with Gasteiger partial charge in [-0.3, -0.25) is 0 Å². The van der Waals surface area contributed by atoms with Gasteiger partial charge in [-0.15, -0.1) is 0 Å². The fraction of sp³-hybridized carbons (Fsp3) is 0.286. The van der Waals surface area contributed by atoms with Crippen molar-refractivity contribution in [2.75, 3.05) is 12.3 Å². The number of esters is 1. The molecule has 66 valence electrons. The van der Waals surface area contributed by atoms with Crippen LogP contribution in [0.25, 0.3) is 0 Å². The maximum atomic E-state index is 11.1. The second-order valence-electron chi connectivity index (χ2n) is 2.15. The number of ether oxygens (including phenoxy) is 1. The fourth-order valence-corrected chi connectivity index (χ4v) is 1.08. The van der Waals surface area contributed by atoms with Gasteiger partial charge in [0.05, 0.1) is 12.3 Å². The van der Waals surface area contributed by atoms with Crippen molar-refractivity contribution < 1.29 is 13.9 Å². The van der Waals surface area contributed by atoms with Crippen LogP contribution in [-0.4, -0.2) is 12.6 Å². The smallest absolute Gasteiger partial charge is 0.376 e. The highest BCUT2D eigenvalue weighted by molar-refractivity contribution is 7.26. The minimum Gasteiger partial charge on any atom is -0.460 e. The summed E-state index contributed by atoms with van der Waals surface area (Å²) in [6.45, 7) is 2.03. The van der Waals surface area contributed by atoms with Crippen molar-refractivity contribution in [1.82, 2.24) is 0 Å². The Morgan fingerprint density at radius 1 is 1.83 bits per heavy atom. The SMILES string of the molecule is CCOC(=O)c1oc(P)cc1N. The van der Waals surface area contributed by atoms with Gasteiger partial charge in [-0.2, -0.15) is 0 Å². The Kier molecular flexibility index (Phi) is 2.71. The van der Waals surface area contributed by atoms with E-state index < -0.39 is 5.97 Å². The van der Waals surface area contributed by atoms with Crippen LogP contribution in [0.1, 0.15) is 17.5 Å². The molecule has 4 nitrogen and oxygen atoms in total. The minimum absolute atomic E-state index is 0.0712. The molecule has 5 heteroatoms. The molecular formula is C7H10NO3P. The van der Waals surface area contributed by atoms with Gasteiger partial charge >= 0.3 is 5.97 Å². The molecule has 0 amide bonds. The number of carbonyl (C=O) groups excluding carboxylic acids is 1. The van der Waals surface area contributed by atoms with E-state index in [1.807, 2.05) is 0 Å². The summed E-state index contributed by atoms with van der Waals surface area (Å²) in [5, 5.41) is 0. The zero-order valence-electron chi connectivity index (χ0n) is 6.66. The van der Waals surface area contributed by atoms with Gasteiger partial charge in [0.1, 0.15) is 5.50 Å². The van der Waals surface area contributed by atoms with Gasteiger partial charge in [0, 0.05) is 6.07 Å². The van der Waals surface area contributed by atoms with E-state index in [0.29, 0.717) is 17.8 Å². The normalized spacial score (nSPS) is 9.83. The number of hydrogen-bond acceptors (Lipinski definition) is 4. The maximum absolute atomic E-state index is 11.1. The molecule has 0 fully saturated rings. The molecule has 1 aromatic heterocycles. The van der Waals surface area contributed by atoms with E-state index in [9.17, 15) is 4.79 Å². The highest BCUT2D eigenvalue weighted by atomic mass is 31.0. The molecule has 0 spiro atoms. The number of carbonyl (C=O) groups is 1. The lowest BCUT2D eigenvalue weighted by Gasteiger charge is -1.97. The van der Waals surface area contributed by atoms with Crippen molar-refractivity contribution in [1.29, 1.82) is 0 Å². The van der Waals surface area contributed by atoms with E-state index in [1.54, 1.807) is 13.0 Å². The van der Waals surface area contributed by atoms with Crippen LogP contribution < -0.4 is 11.2 Å². The van der Waals surface area contributed by atoms with Gasteiger partial charge in [-0.1, -0.05) is 9.24 Å². The predicted octanol–water partition coefficient (Wildman–Crippen LogP) is 0.539. The summed E-state index contributed by atoms with van der Waals surface area (Å²) in [6.07, 6.45) is 0. The summed E-state index contributed by atoms with van der Waals surface area (Å²) in [4.78, 5) is 11.1. The van der Waals surface area contributed by atoms with Gasteiger partial charge in [0.2, 0.25) is 5.76 Å². The average molecular weight is 187 g/mol. The number of nitrogen functional groups attached to an aromatic ring is 1. The molecule has 1 rings (SSSR count). The van der Waals surface area contributed by atoms with E-state index in [-0.39, 0.29) is 5.76 Å². The van der Waals surface area contributed by atoms with Crippen LogP contribution in [0, 0.1) is 0 Å². The van der Waals surface area contributed by atoms with Crippen LogP contribution in [0.5, 0.6) is 0 Å². The molecule has 0 aliphatic rings. The summed E-state index contributed by atoms with van der Waals surface area (Å²) in [5.41, 5.74) is 6.29.